The molecule has 1 heterocycles. The Labute approximate surface area is 178 Å². The molecule has 9 nitrogen and oxygen atoms in total. The van der Waals surface area contributed by atoms with Crippen molar-refractivity contribution in [2.24, 2.45) is 0 Å². The van der Waals surface area contributed by atoms with Crippen LogP contribution in [0.15, 0.2) is 23.6 Å². The number of imide groups is 1. The Bertz CT molecular complexity index is 883. The number of benzene rings is 1. The molecule has 0 saturated heterocycles. The van der Waals surface area contributed by atoms with Gasteiger partial charge in [0.25, 0.3) is 5.91 Å². The highest BCUT2D eigenvalue weighted by Gasteiger charge is 2.14. The van der Waals surface area contributed by atoms with Crippen molar-refractivity contribution < 1.29 is 28.6 Å². The minimum Gasteiger partial charge on any atom is -0.493 e. The van der Waals surface area contributed by atoms with Gasteiger partial charge in [0.15, 0.2) is 18.1 Å². The Morgan fingerprint density at radius 3 is 2.60 bits per heavy atom. The molecular weight excluding hydrogens is 410 g/mol. The molecule has 0 radical (unpaired) electrons. The highest BCUT2D eigenvalue weighted by atomic mass is 32.1. The molecule has 0 atom stereocenters. The first kappa shape index (κ1) is 23.1. The number of rotatable bonds is 10. The van der Waals surface area contributed by atoms with E-state index in [9.17, 15) is 14.4 Å². The van der Waals surface area contributed by atoms with Gasteiger partial charge < -0.3 is 19.5 Å². The molecule has 0 unspecified atom stereocenters. The Balaban J connectivity index is 1.84. The summed E-state index contributed by atoms with van der Waals surface area (Å²) in [5.74, 6) is -0.114. The summed E-state index contributed by atoms with van der Waals surface area (Å²) in [6.07, 6.45) is 1.66. The predicted molar refractivity (Wildman–Crippen MR) is 112 cm³/mol. The number of ether oxygens (including phenoxy) is 3. The smallest absolute Gasteiger partial charge is 0.321 e. The number of nitrogens with one attached hydrogen (secondary N) is 2. The molecule has 0 saturated carbocycles. The summed E-state index contributed by atoms with van der Waals surface area (Å²) in [5.41, 5.74) is 1.35. The molecule has 3 amide bonds. The second-order valence-electron chi connectivity index (χ2n) is 6.21. The van der Waals surface area contributed by atoms with Gasteiger partial charge in [0.05, 0.1) is 26.3 Å². The van der Waals surface area contributed by atoms with E-state index in [1.165, 1.54) is 11.3 Å². The number of hydrogen-bond acceptors (Lipinski definition) is 8. The number of unbranched alkanes of at least 4 members (excludes halogenated alkanes) is 1. The molecule has 0 aliphatic heterocycles. The van der Waals surface area contributed by atoms with E-state index in [-0.39, 0.29) is 6.42 Å². The molecule has 1 aromatic heterocycles. The maximum Gasteiger partial charge on any atom is 0.321 e. The molecule has 2 N–H and O–H groups in total. The van der Waals surface area contributed by atoms with Crippen molar-refractivity contribution in [3.05, 3.63) is 29.3 Å². The third kappa shape index (κ3) is 7.03. The standard InChI is InChI=1S/C20H25N3O6S/c1-4-5-8-21-20(26)23-17(24)11-29-18(25)10-14-12-30-19(22-14)13-6-7-15(27-2)16(9-13)28-3/h6-7,9,12H,4-5,8,10-11H2,1-3H3,(H2,21,23,24,26). The summed E-state index contributed by atoms with van der Waals surface area (Å²) < 4.78 is 15.4. The zero-order valence-electron chi connectivity index (χ0n) is 17.1. The van der Waals surface area contributed by atoms with Crippen LogP contribution in [0.5, 0.6) is 11.5 Å². The van der Waals surface area contributed by atoms with Crippen LogP contribution in [0.2, 0.25) is 0 Å². The number of hydrogen-bond donors (Lipinski definition) is 2. The molecule has 0 bridgehead atoms. The fourth-order valence-electron chi connectivity index (χ4n) is 2.42. The van der Waals surface area contributed by atoms with Crippen molar-refractivity contribution in [2.75, 3.05) is 27.4 Å². The van der Waals surface area contributed by atoms with Gasteiger partial charge in [-0.1, -0.05) is 13.3 Å². The average Bonchev–Trinajstić information content (AvgIpc) is 3.20. The van der Waals surface area contributed by atoms with Crippen LogP contribution in [0, 0.1) is 0 Å². The molecule has 30 heavy (non-hydrogen) atoms. The van der Waals surface area contributed by atoms with Gasteiger partial charge in [-0.3, -0.25) is 14.9 Å². The van der Waals surface area contributed by atoms with Crippen LogP contribution >= 0.6 is 11.3 Å². The van der Waals surface area contributed by atoms with Crippen molar-refractivity contribution in [3.8, 4) is 22.1 Å². The van der Waals surface area contributed by atoms with E-state index in [4.69, 9.17) is 14.2 Å². The number of methoxy groups -OCH3 is 2. The largest absolute Gasteiger partial charge is 0.493 e. The number of carbonyl (C=O) groups is 3. The van der Waals surface area contributed by atoms with Crippen LogP contribution < -0.4 is 20.1 Å². The zero-order chi connectivity index (χ0) is 21.9. The quantitative estimate of drug-likeness (QED) is 0.435. The van der Waals surface area contributed by atoms with Crippen molar-refractivity contribution in [1.29, 1.82) is 0 Å². The van der Waals surface area contributed by atoms with Crippen LogP contribution in [-0.2, 0) is 20.7 Å². The summed E-state index contributed by atoms with van der Waals surface area (Å²) in [7, 11) is 3.11. The first-order valence-electron chi connectivity index (χ1n) is 9.36. The first-order valence-corrected chi connectivity index (χ1v) is 10.2. The van der Waals surface area contributed by atoms with E-state index in [0.29, 0.717) is 28.7 Å². The Kier molecular flexibility index (Phi) is 9.07. The van der Waals surface area contributed by atoms with Gasteiger partial charge in [-0.05, 0) is 24.6 Å². The van der Waals surface area contributed by atoms with Crippen molar-refractivity contribution >= 4 is 29.2 Å². The number of aromatic nitrogens is 1. The van der Waals surface area contributed by atoms with Crippen LogP contribution in [0.1, 0.15) is 25.5 Å². The molecule has 0 aliphatic carbocycles. The number of amides is 3. The lowest BCUT2D eigenvalue weighted by Gasteiger charge is -2.08. The molecular formula is C20H25N3O6S. The van der Waals surface area contributed by atoms with Gasteiger partial charge in [0.2, 0.25) is 0 Å². The van der Waals surface area contributed by atoms with Gasteiger partial charge in [0, 0.05) is 17.5 Å². The fourth-order valence-corrected chi connectivity index (χ4v) is 3.24. The third-order valence-electron chi connectivity index (χ3n) is 3.94. The lowest BCUT2D eigenvalue weighted by Crippen LogP contribution is -2.41. The predicted octanol–water partition coefficient (Wildman–Crippen LogP) is 2.54. The average molecular weight is 436 g/mol. The molecule has 2 rings (SSSR count). The number of esters is 1. The van der Waals surface area contributed by atoms with Crippen LogP contribution in [-0.4, -0.2) is 50.3 Å². The number of carbonyl (C=O) groups excluding carboxylic acids is 3. The highest BCUT2D eigenvalue weighted by molar-refractivity contribution is 7.13. The van der Waals surface area contributed by atoms with Gasteiger partial charge in [-0.2, -0.15) is 0 Å². The van der Waals surface area contributed by atoms with E-state index in [1.807, 2.05) is 13.0 Å². The third-order valence-corrected chi connectivity index (χ3v) is 4.88. The lowest BCUT2D eigenvalue weighted by molar-refractivity contribution is -0.147. The Hall–Kier alpha value is -3.14. The van der Waals surface area contributed by atoms with Gasteiger partial charge in [0.1, 0.15) is 5.01 Å². The van der Waals surface area contributed by atoms with E-state index in [2.05, 4.69) is 15.6 Å². The molecule has 10 heteroatoms. The highest BCUT2D eigenvalue weighted by Crippen LogP contribution is 2.33. The molecule has 0 fully saturated rings. The molecule has 0 aliphatic rings. The fraction of sp³-hybridized carbons (Fsp3) is 0.400. The minimum absolute atomic E-state index is 0.0836. The van der Waals surface area contributed by atoms with Crippen LogP contribution in [0.3, 0.4) is 0 Å². The van der Waals surface area contributed by atoms with Gasteiger partial charge in [-0.25, -0.2) is 9.78 Å². The van der Waals surface area contributed by atoms with E-state index >= 15 is 0 Å². The molecule has 1 aromatic carbocycles. The summed E-state index contributed by atoms with van der Waals surface area (Å²) >= 11 is 1.37. The molecule has 0 spiro atoms. The minimum atomic E-state index is -0.693. The zero-order valence-corrected chi connectivity index (χ0v) is 18.0. The molecule has 162 valence electrons. The van der Waals surface area contributed by atoms with E-state index < -0.39 is 24.5 Å². The van der Waals surface area contributed by atoms with Crippen LogP contribution in [0.4, 0.5) is 4.79 Å². The summed E-state index contributed by atoms with van der Waals surface area (Å²) in [4.78, 5) is 39.5. The van der Waals surface area contributed by atoms with E-state index in [0.717, 1.165) is 18.4 Å². The first-order chi connectivity index (χ1) is 14.5. The molecule has 2 aromatic rings. The van der Waals surface area contributed by atoms with E-state index in [1.54, 1.807) is 31.7 Å². The summed E-state index contributed by atoms with van der Waals surface area (Å²) in [6, 6.07) is 4.82. The van der Waals surface area contributed by atoms with Gasteiger partial charge in [-0.15, -0.1) is 11.3 Å². The maximum atomic E-state index is 12.0. The van der Waals surface area contributed by atoms with Crippen LogP contribution in [0.25, 0.3) is 10.6 Å². The number of nitrogens with zero attached hydrogens (tertiary/aromatic N) is 1. The monoisotopic (exact) mass is 435 g/mol. The Morgan fingerprint density at radius 2 is 1.90 bits per heavy atom. The maximum absolute atomic E-state index is 12.0. The summed E-state index contributed by atoms with van der Waals surface area (Å²) in [6.45, 7) is 1.93. The topological polar surface area (TPSA) is 116 Å². The van der Waals surface area contributed by atoms with Gasteiger partial charge >= 0.3 is 12.0 Å². The second kappa shape index (κ2) is 11.8. The normalized spacial score (nSPS) is 10.2. The number of thiazole rings is 1. The lowest BCUT2D eigenvalue weighted by atomic mass is 10.2. The number of urea groups is 1. The van der Waals surface area contributed by atoms with Crippen molar-refractivity contribution in [3.63, 3.8) is 0 Å². The SMILES string of the molecule is CCCCNC(=O)NC(=O)COC(=O)Cc1csc(-c2ccc(OC)c(OC)c2)n1. The summed E-state index contributed by atoms with van der Waals surface area (Å²) in [5, 5.41) is 7.09. The van der Waals surface area contributed by atoms with Crippen molar-refractivity contribution in [2.45, 2.75) is 26.2 Å². The second-order valence-corrected chi connectivity index (χ2v) is 7.07. The van der Waals surface area contributed by atoms with Crippen molar-refractivity contribution in [1.82, 2.24) is 15.6 Å². The Morgan fingerprint density at radius 1 is 1.13 bits per heavy atom.